The number of fused-ring (bicyclic) bond motifs is 1. The van der Waals surface area contributed by atoms with Gasteiger partial charge in [-0.05, 0) is 37.8 Å². The van der Waals surface area contributed by atoms with E-state index in [4.69, 9.17) is 4.74 Å². The first-order chi connectivity index (χ1) is 9.61. The molecule has 0 bridgehead atoms. The highest BCUT2D eigenvalue weighted by Gasteiger charge is 2.38. The molecule has 1 aromatic rings. The Hall–Kier alpha value is -1.49. The van der Waals surface area contributed by atoms with Crippen LogP contribution in [0.1, 0.15) is 25.5 Å². The molecule has 2 saturated heterocycles. The highest BCUT2D eigenvalue weighted by molar-refractivity contribution is 5.78. The van der Waals surface area contributed by atoms with Gasteiger partial charge in [0.2, 0.25) is 5.91 Å². The van der Waals surface area contributed by atoms with E-state index in [1.165, 1.54) is 6.07 Å². The minimum atomic E-state index is -0.379. The van der Waals surface area contributed by atoms with Crippen LogP contribution < -0.4 is 0 Å². The molecule has 2 aliphatic rings. The van der Waals surface area contributed by atoms with Gasteiger partial charge in [0.1, 0.15) is 5.82 Å². The number of likely N-dealkylation sites (tertiary alicyclic amines) is 1. The molecular weight excluding hydrogens is 259 g/mol. The van der Waals surface area contributed by atoms with Gasteiger partial charge in [-0.25, -0.2) is 4.39 Å². The molecule has 108 valence electrons. The number of aromatic nitrogens is 1. The van der Waals surface area contributed by atoms with Gasteiger partial charge in [-0.2, -0.15) is 0 Å². The van der Waals surface area contributed by atoms with E-state index in [-0.39, 0.29) is 24.2 Å². The Morgan fingerprint density at radius 2 is 2.40 bits per heavy atom. The molecule has 2 aliphatic heterocycles. The smallest absolute Gasteiger partial charge is 0.228 e. The van der Waals surface area contributed by atoms with E-state index >= 15 is 0 Å². The zero-order valence-corrected chi connectivity index (χ0v) is 11.6. The zero-order valence-electron chi connectivity index (χ0n) is 11.6. The number of ether oxygens (including phenoxy) is 1. The predicted molar refractivity (Wildman–Crippen MR) is 71.5 cm³/mol. The zero-order chi connectivity index (χ0) is 14.1. The topological polar surface area (TPSA) is 42.4 Å². The Labute approximate surface area is 117 Å². The SMILES string of the molecule is C[C@@H]1C[C@@H]2CCN(C(=O)Cc3ccc(F)cn3)C[C@H]2O1. The summed E-state index contributed by atoms with van der Waals surface area (Å²) in [6.07, 6.45) is 3.98. The molecule has 3 heterocycles. The third-order valence-electron chi connectivity index (χ3n) is 4.21. The van der Waals surface area contributed by atoms with Crippen molar-refractivity contribution >= 4 is 5.91 Å². The van der Waals surface area contributed by atoms with Crippen LogP contribution in [0.2, 0.25) is 0 Å². The maximum Gasteiger partial charge on any atom is 0.228 e. The van der Waals surface area contributed by atoms with Gasteiger partial charge in [0, 0.05) is 18.8 Å². The van der Waals surface area contributed by atoms with Crippen LogP contribution in [0.25, 0.3) is 0 Å². The Bertz CT molecular complexity index is 491. The summed E-state index contributed by atoms with van der Waals surface area (Å²) in [7, 11) is 0. The number of halogens is 1. The third-order valence-corrected chi connectivity index (χ3v) is 4.21. The van der Waals surface area contributed by atoms with E-state index in [0.717, 1.165) is 25.6 Å². The molecule has 0 radical (unpaired) electrons. The standard InChI is InChI=1S/C15H19FN2O2/c1-10-6-11-4-5-18(9-14(11)20-10)15(19)7-13-3-2-12(16)8-17-13/h2-3,8,10-11,14H,4-7,9H2,1H3/t10-,11+,14-/m1/s1. The van der Waals surface area contributed by atoms with Gasteiger partial charge in [0.25, 0.3) is 0 Å². The lowest BCUT2D eigenvalue weighted by Crippen LogP contribution is -2.46. The number of nitrogens with zero attached hydrogens (tertiary/aromatic N) is 2. The lowest BCUT2D eigenvalue weighted by atomic mass is 9.92. The number of pyridine rings is 1. The molecule has 0 N–H and O–H groups in total. The van der Waals surface area contributed by atoms with Gasteiger partial charge >= 0.3 is 0 Å². The molecule has 0 unspecified atom stereocenters. The van der Waals surface area contributed by atoms with Crippen LogP contribution >= 0.6 is 0 Å². The van der Waals surface area contributed by atoms with Gasteiger partial charge in [0.05, 0.1) is 24.8 Å². The second kappa shape index (κ2) is 5.48. The summed E-state index contributed by atoms with van der Waals surface area (Å²) in [5.41, 5.74) is 0.610. The Morgan fingerprint density at radius 3 is 3.15 bits per heavy atom. The summed E-state index contributed by atoms with van der Waals surface area (Å²) in [6.45, 7) is 3.55. The van der Waals surface area contributed by atoms with Crippen LogP contribution in [0, 0.1) is 11.7 Å². The van der Waals surface area contributed by atoms with Crippen molar-refractivity contribution in [3.63, 3.8) is 0 Å². The molecule has 3 rings (SSSR count). The van der Waals surface area contributed by atoms with Crippen LogP contribution in [0.4, 0.5) is 4.39 Å². The first-order valence-electron chi connectivity index (χ1n) is 7.15. The van der Waals surface area contributed by atoms with E-state index in [2.05, 4.69) is 11.9 Å². The minimum absolute atomic E-state index is 0.0470. The largest absolute Gasteiger partial charge is 0.373 e. The van der Waals surface area contributed by atoms with Gasteiger partial charge in [-0.1, -0.05) is 0 Å². The van der Waals surface area contributed by atoms with Gasteiger partial charge in [-0.15, -0.1) is 0 Å². The van der Waals surface area contributed by atoms with Crippen molar-refractivity contribution in [1.29, 1.82) is 0 Å². The van der Waals surface area contributed by atoms with Crippen LogP contribution in [0.5, 0.6) is 0 Å². The van der Waals surface area contributed by atoms with Crippen molar-refractivity contribution in [2.45, 2.75) is 38.4 Å². The fourth-order valence-electron chi connectivity index (χ4n) is 3.17. The average molecular weight is 278 g/mol. The molecule has 0 saturated carbocycles. The second-order valence-electron chi connectivity index (χ2n) is 5.75. The maximum absolute atomic E-state index is 12.8. The van der Waals surface area contributed by atoms with E-state index in [9.17, 15) is 9.18 Å². The minimum Gasteiger partial charge on any atom is -0.373 e. The monoisotopic (exact) mass is 278 g/mol. The summed E-state index contributed by atoms with van der Waals surface area (Å²) >= 11 is 0. The van der Waals surface area contributed by atoms with Gasteiger partial charge in [0.15, 0.2) is 0 Å². The summed E-state index contributed by atoms with van der Waals surface area (Å²) in [5.74, 6) is 0.263. The predicted octanol–water partition coefficient (Wildman–Crippen LogP) is 1.79. The Balaban J connectivity index is 1.59. The summed E-state index contributed by atoms with van der Waals surface area (Å²) < 4.78 is 18.6. The average Bonchev–Trinajstić information content (AvgIpc) is 2.80. The number of amides is 1. The quantitative estimate of drug-likeness (QED) is 0.828. The fourth-order valence-corrected chi connectivity index (χ4v) is 3.17. The maximum atomic E-state index is 12.8. The van der Waals surface area contributed by atoms with E-state index in [1.807, 2.05) is 4.90 Å². The molecule has 2 fully saturated rings. The molecule has 0 aromatic carbocycles. The molecule has 20 heavy (non-hydrogen) atoms. The number of carbonyl (C=O) groups excluding carboxylic acids is 1. The van der Waals surface area contributed by atoms with Crippen molar-refractivity contribution in [1.82, 2.24) is 9.88 Å². The first-order valence-corrected chi connectivity index (χ1v) is 7.15. The lowest BCUT2D eigenvalue weighted by Gasteiger charge is -2.34. The van der Waals surface area contributed by atoms with Crippen molar-refractivity contribution in [3.05, 3.63) is 29.8 Å². The molecule has 1 amide bonds. The summed E-state index contributed by atoms with van der Waals surface area (Å²) in [5, 5.41) is 0. The number of rotatable bonds is 2. The van der Waals surface area contributed by atoms with Gasteiger partial charge in [-0.3, -0.25) is 9.78 Å². The van der Waals surface area contributed by atoms with Crippen LogP contribution in [-0.2, 0) is 16.0 Å². The number of hydrogen-bond donors (Lipinski definition) is 0. The molecule has 0 aliphatic carbocycles. The number of piperidine rings is 1. The summed E-state index contributed by atoms with van der Waals surface area (Å²) in [4.78, 5) is 18.0. The van der Waals surface area contributed by atoms with Crippen LogP contribution in [0.15, 0.2) is 18.3 Å². The van der Waals surface area contributed by atoms with Crippen LogP contribution in [-0.4, -0.2) is 41.1 Å². The first kappa shape index (κ1) is 13.5. The molecule has 4 nitrogen and oxygen atoms in total. The molecule has 3 atom stereocenters. The number of hydrogen-bond acceptors (Lipinski definition) is 3. The highest BCUT2D eigenvalue weighted by atomic mass is 19.1. The molecular formula is C15H19FN2O2. The summed E-state index contributed by atoms with van der Waals surface area (Å²) in [6, 6.07) is 2.90. The van der Waals surface area contributed by atoms with E-state index < -0.39 is 0 Å². The lowest BCUT2D eigenvalue weighted by molar-refractivity contribution is -0.134. The Morgan fingerprint density at radius 1 is 1.55 bits per heavy atom. The molecule has 1 aromatic heterocycles. The second-order valence-corrected chi connectivity index (χ2v) is 5.75. The van der Waals surface area contributed by atoms with E-state index in [1.54, 1.807) is 6.07 Å². The molecule has 5 heteroatoms. The highest BCUT2D eigenvalue weighted by Crippen LogP contribution is 2.33. The normalized spacial score (nSPS) is 29.3. The van der Waals surface area contributed by atoms with Crippen molar-refractivity contribution < 1.29 is 13.9 Å². The third kappa shape index (κ3) is 2.82. The van der Waals surface area contributed by atoms with Crippen molar-refractivity contribution in [2.75, 3.05) is 13.1 Å². The fraction of sp³-hybridized carbons (Fsp3) is 0.600. The van der Waals surface area contributed by atoms with Crippen LogP contribution in [0.3, 0.4) is 0 Å². The number of carbonyl (C=O) groups is 1. The van der Waals surface area contributed by atoms with Crippen molar-refractivity contribution in [2.24, 2.45) is 5.92 Å². The van der Waals surface area contributed by atoms with Gasteiger partial charge < -0.3 is 9.64 Å². The van der Waals surface area contributed by atoms with E-state index in [0.29, 0.717) is 24.3 Å². The molecule has 0 spiro atoms. The van der Waals surface area contributed by atoms with Crippen molar-refractivity contribution in [3.8, 4) is 0 Å². The Kier molecular flexibility index (Phi) is 3.70.